The zero-order chi connectivity index (χ0) is 22.1. The average molecular weight is 431 g/mol. The highest BCUT2D eigenvalue weighted by atomic mass is 16.2. The van der Waals surface area contributed by atoms with Gasteiger partial charge in [-0.05, 0) is 68.1 Å². The third kappa shape index (κ3) is 4.31. The van der Waals surface area contributed by atoms with Crippen molar-refractivity contribution in [2.24, 2.45) is 5.92 Å². The van der Waals surface area contributed by atoms with Gasteiger partial charge in [-0.3, -0.25) is 9.69 Å². The van der Waals surface area contributed by atoms with E-state index in [9.17, 15) is 4.79 Å². The molecule has 0 radical (unpaired) electrons. The predicted molar refractivity (Wildman–Crippen MR) is 129 cm³/mol. The van der Waals surface area contributed by atoms with Crippen LogP contribution in [-0.4, -0.2) is 57.5 Å². The first kappa shape index (κ1) is 21.2. The van der Waals surface area contributed by atoms with Gasteiger partial charge >= 0.3 is 0 Å². The van der Waals surface area contributed by atoms with Crippen LogP contribution in [0.5, 0.6) is 0 Å². The number of para-hydroxylation sites is 2. The topological polar surface area (TPSA) is 41.4 Å². The summed E-state index contributed by atoms with van der Waals surface area (Å²) in [6.45, 7) is 9.59. The molecule has 3 aromatic rings. The van der Waals surface area contributed by atoms with Crippen molar-refractivity contribution in [2.45, 2.75) is 52.1 Å². The quantitative estimate of drug-likeness (QED) is 0.574. The number of rotatable bonds is 6. The molecule has 5 nitrogen and oxygen atoms in total. The number of imidazole rings is 1. The molecule has 0 saturated carbocycles. The van der Waals surface area contributed by atoms with E-state index in [4.69, 9.17) is 4.98 Å². The lowest BCUT2D eigenvalue weighted by atomic mass is 10.1. The molecule has 2 saturated heterocycles. The van der Waals surface area contributed by atoms with Gasteiger partial charge in [-0.2, -0.15) is 0 Å². The molecule has 2 fully saturated rings. The fraction of sp³-hybridized carbons (Fsp3) is 0.481. The summed E-state index contributed by atoms with van der Waals surface area (Å²) in [4.78, 5) is 22.6. The van der Waals surface area contributed by atoms with Crippen molar-refractivity contribution in [3.63, 3.8) is 0 Å². The number of benzene rings is 2. The number of nitrogens with zero attached hydrogens (tertiary/aromatic N) is 4. The van der Waals surface area contributed by atoms with Crippen LogP contribution in [0.15, 0.2) is 48.5 Å². The first-order valence-corrected chi connectivity index (χ1v) is 12.1. The van der Waals surface area contributed by atoms with Gasteiger partial charge in [0.05, 0.1) is 11.0 Å². The molecule has 168 valence electrons. The number of fused-ring (bicyclic) bond motifs is 1. The van der Waals surface area contributed by atoms with Crippen molar-refractivity contribution in [2.75, 3.05) is 26.2 Å². The Morgan fingerprint density at radius 3 is 2.53 bits per heavy atom. The van der Waals surface area contributed by atoms with Crippen LogP contribution in [-0.2, 0) is 13.0 Å². The number of hydrogen-bond acceptors (Lipinski definition) is 3. The number of likely N-dealkylation sites (tertiary alicyclic amines) is 2. The van der Waals surface area contributed by atoms with Gasteiger partial charge in [0.2, 0.25) is 0 Å². The second-order valence-corrected chi connectivity index (χ2v) is 9.83. The van der Waals surface area contributed by atoms with Crippen LogP contribution in [0.4, 0.5) is 0 Å². The Morgan fingerprint density at radius 1 is 1.03 bits per heavy atom. The van der Waals surface area contributed by atoms with E-state index in [1.807, 2.05) is 23.1 Å². The zero-order valence-electron chi connectivity index (χ0n) is 19.3. The maximum Gasteiger partial charge on any atom is 0.253 e. The summed E-state index contributed by atoms with van der Waals surface area (Å²) >= 11 is 0. The molecular formula is C27H34N4O. The molecule has 0 N–H and O–H groups in total. The van der Waals surface area contributed by atoms with Crippen LogP contribution in [0.1, 0.15) is 54.9 Å². The van der Waals surface area contributed by atoms with Crippen LogP contribution in [0, 0.1) is 5.92 Å². The van der Waals surface area contributed by atoms with Gasteiger partial charge < -0.3 is 9.47 Å². The van der Waals surface area contributed by atoms with Gasteiger partial charge in [-0.1, -0.05) is 38.1 Å². The van der Waals surface area contributed by atoms with E-state index in [-0.39, 0.29) is 5.91 Å². The molecule has 1 amide bonds. The molecule has 5 rings (SSSR count). The zero-order valence-corrected chi connectivity index (χ0v) is 19.3. The molecule has 3 heterocycles. The molecule has 5 heteroatoms. The standard InChI is InChI=1S/C27H34N4O/c1-20(2)18-31-25-8-4-3-7-24(25)28-26(31)17-21-9-11-22(12-10-21)27(32)30-16-13-23(19-30)29-14-5-6-15-29/h3-4,7-12,20,23H,5-6,13-19H2,1-2H3/t23-/m0/s1. The smallest absolute Gasteiger partial charge is 0.253 e. The van der Waals surface area contributed by atoms with Crippen molar-refractivity contribution in [3.05, 3.63) is 65.5 Å². The number of amides is 1. The highest BCUT2D eigenvalue weighted by molar-refractivity contribution is 5.94. The van der Waals surface area contributed by atoms with Gasteiger partial charge in [-0.15, -0.1) is 0 Å². The van der Waals surface area contributed by atoms with Crippen molar-refractivity contribution in [1.29, 1.82) is 0 Å². The van der Waals surface area contributed by atoms with Gasteiger partial charge in [0.15, 0.2) is 0 Å². The fourth-order valence-corrected chi connectivity index (χ4v) is 5.29. The van der Waals surface area contributed by atoms with E-state index in [0.29, 0.717) is 12.0 Å². The van der Waals surface area contributed by atoms with Crippen molar-refractivity contribution in [3.8, 4) is 0 Å². The van der Waals surface area contributed by atoms with E-state index in [1.54, 1.807) is 0 Å². The predicted octanol–water partition coefficient (Wildman–Crippen LogP) is 4.59. The lowest BCUT2D eigenvalue weighted by Crippen LogP contribution is -2.37. The maximum absolute atomic E-state index is 13.1. The number of aromatic nitrogens is 2. The summed E-state index contributed by atoms with van der Waals surface area (Å²) in [5.41, 5.74) is 4.24. The van der Waals surface area contributed by atoms with Crippen molar-refractivity contribution >= 4 is 16.9 Å². The molecule has 0 unspecified atom stereocenters. The summed E-state index contributed by atoms with van der Waals surface area (Å²) in [5, 5.41) is 0. The minimum Gasteiger partial charge on any atom is -0.337 e. The summed E-state index contributed by atoms with van der Waals surface area (Å²) in [7, 11) is 0. The van der Waals surface area contributed by atoms with E-state index < -0.39 is 0 Å². The Labute approximate surface area is 191 Å². The van der Waals surface area contributed by atoms with Gasteiger partial charge in [0, 0.05) is 37.7 Å². The summed E-state index contributed by atoms with van der Waals surface area (Å²) in [6, 6.07) is 17.1. The molecule has 2 aliphatic heterocycles. The third-order valence-corrected chi connectivity index (χ3v) is 6.95. The van der Waals surface area contributed by atoms with E-state index in [0.717, 1.165) is 49.4 Å². The first-order valence-electron chi connectivity index (χ1n) is 12.1. The molecule has 0 spiro atoms. The Balaban J connectivity index is 1.29. The van der Waals surface area contributed by atoms with Gasteiger partial charge in [0.1, 0.15) is 5.82 Å². The van der Waals surface area contributed by atoms with E-state index in [1.165, 1.54) is 37.0 Å². The molecule has 1 atom stereocenters. The summed E-state index contributed by atoms with van der Waals surface area (Å²) in [5.74, 6) is 1.81. The van der Waals surface area contributed by atoms with Crippen LogP contribution in [0.2, 0.25) is 0 Å². The first-order chi connectivity index (χ1) is 15.6. The van der Waals surface area contributed by atoms with Crippen LogP contribution >= 0.6 is 0 Å². The van der Waals surface area contributed by atoms with Crippen LogP contribution < -0.4 is 0 Å². The van der Waals surface area contributed by atoms with Crippen LogP contribution in [0.3, 0.4) is 0 Å². The molecular weight excluding hydrogens is 396 g/mol. The largest absolute Gasteiger partial charge is 0.337 e. The normalized spacial score (nSPS) is 19.5. The Hall–Kier alpha value is -2.66. The minimum absolute atomic E-state index is 0.172. The van der Waals surface area contributed by atoms with Crippen molar-refractivity contribution < 1.29 is 4.79 Å². The lowest BCUT2D eigenvalue weighted by molar-refractivity contribution is 0.0780. The van der Waals surface area contributed by atoms with Crippen molar-refractivity contribution in [1.82, 2.24) is 19.4 Å². The highest BCUT2D eigenvalue weighted by Crippen LogP contribution is 2.23. The molecule has 0 aliphatic carbocycles. The SMILES string of the molecule is CC(C)Cn1c(Cc2ccc(C(=O)N3CC[C@H](N4CCCC4)C3)cc2)nc2ccccc21. The summed E-state index contributed by atoms with van der Waals surface area (Å²) in [6.07, 6.45) is 4.49. The number of hydrogen-bond donors (Lipinski definition) is 0. The second-order valence-electron chi connectivity index (χ2n) is 9.83. The second kappa shape index (κ2) is 9.07. The molecule has 2 aliphatic rings. The Kier molecular flexibility index (Phi) is 6.01. The monoisotopic (exact) mass is 430 g/mol. The molecule has 2 aromatic carbocycles. The summed E-state index contributed by atoms with van der Waals surface area (Å²) < 4.78 is 2.35. The third-order valence-electron chi connectivity index (χ3n) is 6.95. The average Bonchev–Trinajstić information content (AvgIpc) is 3.54. The minimum atomic E-state index is 0.172. The molecule has 32 heavy (non-hydrogen) atoms. The fourth-order valence-electron chi connectivity index (χ4n) is 5.29. The Bertz CT molecular complexity index is 1080. The number of carbonyl (C=O) groups is 1. The van der Waals surface area contributed by atoms with E-state index >= 15 is 0 Å². The van der Waals surface area contributed by atoms with E-state index in [2.05, 4.69) is 53.6 Å². The van der Waals surface area contributed by atoms with Gasteiger partial charge in [0.25, 0.3) is 5.91 Å². The van der Waals surface area contributed by atoms with Crippen LogP contribution in [0.25, 0.3) is 11.0 Å². The number of carbonyl (C=O) groups excluding carboxylic acids is 1. The molecule has 1 aromatic heterocycles. The maximum atomic E-state index is 13.1. The Morgan fingerprint density at radius 2 is 1.78 bits per heavy atom. The lowest BCUT2D eigenvalue weighted by Gasteiger charge is -2.23. The van der Waals surface area contributed by atoms with Gasteiger partial charge in [-0.25, -0.2) is 4.98 Å². The highest BCUT2D eigenvalue weighted by Gasteiger charge is 2.31. The molecule has 0 bridgehead atoms.